The molecule has 1 heterocycles. The third kappa shape index (κ3) is 1.87. The molecule has 1 aromatic heterocycles. The summed E-state index contributed by atoms with van der Waals surface area (Å²) in [6.45, 7) is 0. The highest BCUT2D eigenvalue weighted by Gasteiger charge is 2.10. The van der Waals surface area contributed by atoms with E-state index in [0.717, 1.165) is 18.5 Å². The number of hydrogen-bond acceptors (Lipinski definition) is 2. The molecule has 0 spiro atoms. The van der Waals surface area contributed by atoms with Gasteiger partial charge in [0.1, 0.15) is 0 Å². The Morgan fingerprint density at radius 1 is 1.17 bits per heavy atom. The molecule has 1 aliphatic carbocycles. The van der Waals surface area contributed by atoms with Gasteiger partial charge in [-0.3, -0.25) is 0 Å². The van der Waals surface area contributed by atoms with Crippen LogP contribution >= 0.6 is 24.0 Å². The first-order valence-corrected chi connectivity index (χ1v) is 4.25. The predicted octanol–water partition coefficient (Wildman–Crippen LogP) is 2.43. The van der Waals surface area contributed by atoms with Crippen LogP contribution in [0.25, 0.3) is 0 Å². The highest BCUT2D eigenvalue weighted by molar-refractivity contribution is 6.29. The van der Waals surface area contributed by atoms with Gasteiger partial charge in [-0.1, -0.05) is 11.6 Å². The van der Waals surface area contributed by atoms with Gasteiger partial charge in [-0.2, -0.15) is 5.10 Å². The minimum absolute atomic E-state index is 0. The quantitative estimate of drug-likeness (QED) is 0.649. The van der Waals surface area contributed by atoms with E-state index in [1.165, 1.54) is 18.4 Å². The van der Waals surface area contributed by atoms with Gasteiger partial charge in [0, 0.05) is 0 Å². The molecule has 4 heteroatoms. The summed E-state index contributed by atoms with van der Waals surface area (Å²) in [6.07, 6.45) is 4.68. The van der Waals surface area contributed by atoms with Crippen molar-refractivity contribution in [3.63, 3.8) is 0 Å². The van der Waals surface area contributed by atoms with E-state index in [2.05, 4.69) is 10.2 Å². The minimum Gasteiger partial charge on any atom is -0.154 e. The van der Waals surface area contributed by atoms with E-state index in [0.29, 0.717) is 5.15 Å². The average Bonchev–Trinajstić information content (AvgIpc) is 2.04. The highest BCUT2D eigenvalue weighted by Crippen LogP contribution is 2.19. The molecule has 12 heavy (non-hydrogen) atoms. The van der Waals surface area contributed by atoms with Gasteiger partial charge in [0.15, 0.2) is 5.15 Å². The monoisotopic (exact) mass is 204 g/mol. The second-order valence-corrected chi connectivity index (χ2v) is 3.23. The van der Waals surface area contributed by atoms with Crippen molar-refractivity contribution >= 4 is 24.0 Å². The van der Waals surface area contributed by atoms with Crippen LogP contribution in [0, 0.1) is 0 Å². The Morgan fingerprint density at radius 2 is 1.92 bits per heavy atom. The van der Waals surface area contributed by atoms with Crippen molar-refractivity contribution in [2.45, 2.75) is 25.7 Å². The van der Waals surface area contributed by atoms with E-state index in [4.69, 9.17) is 11.6 Å². The van der Waals surface area contributed by atoms with Crippen LogP contribution in [0.15, 0.2) is 6.07 Å². The Hall–Kier alpha value is -0.340. The van der Waals surface area contributed by atoms with Gasteiger partial charge in [0.05, 0.1) is 5.69 Å². The van der Waals surface area contributed by atoms with Crippen LogP contribution in [-0.4, -0.2) is 10.2 Å². The van der Waals surface area contributed by atoms with Gasteiger partial charge < -0.3 is 0 Å². The van der Waals surface area contributed by atoms with Gasteiger partial charge in [-0.15, -0.1) is 17.5 Å². The fourth-order valence-electron chi connectivity index (χ4n) is 1.46. The van der Waals surface area contributed by atoms with Crippen LogP contribution in [0.5, 0.6) is 0 Å². The van der Waals surface area contributed by atoms with E-state index >= 15 is 0 Å². The third-order valence-electron chi connectivity index (χ3n) is 2.04. The number of fused-ring (bicyclic) bond motifs is 1. The smallest absolute Gasteiger partial charge is 0.152 e. The standard InChI is InChI=1S/C8H9ClN2.ClH/c9-8-5-6-3-1-2-4-7(6)10-11-8;/h5H,1-4H2;1H. The predicted molar refractivity (Wildman–Crippen MR) is 50.9 cm³/mol. The maximum Gasteiger partial charge on any atom is 0.152 e. The number of rotatable bonds is 0. The third-order valence-corrected chi connectivity index (χ3v) is 2.22. The molecule has 0 bridgehead atoms. The number of aryl methyl sites for hydroxylation is 2. The van der Waals surface area contributed by atoms with Crippen molar-refractivity contribution in [3.8, 4) is 0 Å². The minimum atomic E-state index is 0. The molecule has 2 rings (SSSR count). The summed E-state index contributed by atoms with van der Waals surface area (Å²) in [6, 6.07) is 1.93. The summed E-state index contributed by atoms with van der Waals surface area (Å²) in [7, 11) is 0. The van der Waals surface area contributed by atoms with Crippen LogP contribution in [0.3, 0.4) is 0 Å². The fourth-order valence-corrected chi connectivity index (χ4v) is 1.63. The van der Waals surface area contributed by atoms with Gasteiger partial charge in [0.2, 0.25) is 0 Å². The normalized spacial score (nSPS) is 14.8. The molecule has 0 saturated carbocycles. The van der Waals surface area contributed by atoms with Crippen LogP contribution in [0.2, 0.25) is 5.15 Å². The lowest BCUT2D eigenvalue weighted by Gasteiger charge is -2.12. The van der Waals surface area contributed by atoms with E-state index in [-0.39, 0.29) is 12.4 Å². The van der Waals surface area contributed by atoms with Crippen LogP contribution in [0.1, 0.15) is 24.1 Å². The SMILES string of the molecule is Cl.Clc1cc2c(nn1)CCCC2. The van der Waals surface area contributed by atoms with E-state index in [1.54, 1.807) is 0 Å². The van der Waals surface area contributed by atoms with Gasteiger partial charge >= 0.3 is 0 Å². The van der Waals surface area contributed by atoms with E-state index in [1.807, 2.05) is 6.07 Å². The van der Waals surface area contributed by atoms with Crippen molar-refractivity contribution in [1.29, 1.82) is 0 Å². The number of aromatic nitrogens is 2. The van der Waals surface area contributed by atoms with Crippen molar-refractivity contribution in [2.24, 2.45) is 0 Å². The van der Waals surface area contributed by atoms with Crippen molar-refractivity contribution in [2.75, 3.05) is 0 Å². The zero-order valence-electron chi connectivity index (χ0n) is 6.59. The number of halogens is 2. The van der Waals surface area contributed by atoms with Crippen LogP contribution in [-0.2, 0) is 12.8 Å². The first kappa shape index (κ1) is 9.75. The van der Waals surface area contributed by atoms with Gasteiger partial charge in [0.25, 0.3) is 0 Å². The summed E-state index contributed by atoms with van der Waals surface area (Å²) < 4.78 is 0. The maximum atomic E-state index is 5.70. The molecule has 0 aliphatic heterocycles. The Bertz CT molecular complexity index is 276. The number of hydrogen-bond donors (Lipinski definition) is 0. The molecular formula is C8H10Cl2N2. The maximum absolute atomic E-state index is 5.70. The van der Waals surface area contributed by atoms with Crippen molar-refractivity contribution in [3.05, 3.63) is 22.5 Å². The molecule has 0 amide bonds. The zero-order chi connectivity index (χ0) is 7.68. The average molecular weight is 205 g/mol. The molecular weight excluding hydrogens is 195 g/mol. The summed E-state index contributed by atoms with van der Waals surface area (Å²) in [4.78, 5) is 0. The zero-order valence-corrected chi connectivity index (χ0v) is 8.16. The molecule has 0 unspecified atom stereocenters. The summed E-state index contributed by atoms with van der Waals surface area (Å²) >= 11 is 5.70. The first-order chi connectivity index (χ1) is 5.36. The Labute approximate surface area is 82.7 Å². The summed E-state index contributed by atoms with van der Waals surface area (Å²) in [5, 5.41) is 8.36. The van der Waals surface area contributed by atoms with E-state index < -0.39 is 0 Å². The molecule has 66 valence electrons. The molecule has 0 fully saturated rings. The van der Waals surface area contributed by atoms with Crippen LogP contribution in [0.4, 0.5) is 0 Å². The highest BCUT2D eigenvalue weighted by atomic mass is 35.5. The van der Waals surface area contributed by atoms with Gasteiger partial charge in [-0.05, 0) is 37.3 Å². The lowest BCUT2D eigenvalue weighted by atomic mass is 9.97. The largest absolute Gasteiger partial charge is 0.154 e. The fraction of sp³-hybridized carbons (Fsp3) is 0.500. The molecule has 1 aliphatic rings. The second kappa shape index (κ2) is 4.06. The van der Waals surface area contributed by atoms with Gasteiger partial charge in [-0.25, -0.2) is 0 Å². The Morgan fingerprint density at radius 3 is 2.75 bits per heavy atom. The second-order valence-electron chi connectivity index (χ2n) is 2.85. The van der Waals surface area contributed by atoms with Crippen molar-refractivity contribution in [1.82, 2.24) is 10.2 Å². The topological polar surface area (TPSA) is 25.8 Å². The first-order valence-electron chi connectivity index (χ1n) is 3.87. The van der Waals surface area contributed by atoms with E-state index in [9.17, 15) is 0 Å². The lowest BCUT2D eigenvalue weighted by Crippen LogP contribution is -2.06. The van der Waals surface area contributed by atoms with Crippen molar-refractivity contribution < 1.29 is 0 Å². The molecule has 0 saturated heterocycles. The molecule has 2 nitrogen and oxygen atoms in total. The number of nitrogens with zero attached hydrogens (tertiary/aromatic N) is 2. The Kier molecular flexibility index (Phi) is 3.29. The van der Waals surface area contributed by atoms with Crippen LogP contribution < -0.4 is 0 Å². The molecule has 0 N–H and O–H groups in total. The molecule has 0 aromatic carbocycles. The molecule has 0 radical (unpaired) electrons. The summed E-state index contributed by atoms with van der Waals surface area (Å²) in [5.41, 5.74) is 2.43. The Balaban J connectivity index is 0.000000720. The summed E-state index contributed by atoms with van der Waals surface area (Å²) in [5.74, 6) is 0. The molecule has 1 aromatic rings. The lowest BCUT2D eigenvalue weighted by molar-refractivity contribution is 0.654. The molecule has 0 atom stereocenters.